The van der Waals surface area contributed by atoms with Crippen LogP contribution in [0.15, 0.2) is 9.42 Å². The maximum Gasteiger partial charge on any atom is 0.246 e. The lowest BCUT2D eigenvalue weighted by Gasteiger charge is -2.15. The number of rotatable bonds is 3. The van der Waals surface area contributed by atoms with Crippen molar-refractivity contribution in [2.45, 2.75) is 49.4 Å². The fraction of sp³-hybridized carbons (Fsp3) is 0.700. The minimum atomic E-state index is -3.59. The average Bonchev–Trinajstić information content (AvgIpc) is 2.74. The Bertz CT molecular complexity index is 492. The van der Waals surface area contributed by atoms with Crippen molar-refractivity contribution in [3.8, 4) is 0 Å². The second-order valence-electron chi connectivity index (χ2n) is 4.33. The molecule has 0 radical (unpaired) electrons. The van der Waals surface area contributed by atoms with Gasteiger partial charge in [0, 0.05) is 11.4 Å². The van der Waals surface area contributed by atoms with Gasteiger partial charge in [0.2, 0.25) is 10.0 Å². The molecule has 96 valence electrons. The van der Waals surface area contributed by atoms with Crippen LogP contribution in [0.1, 0.15) is 30.7 Å². The Morgan fingerprint density at radius 1 is 1.41 bits per heavy atom. The van der Waals surface area contributed by atoms with E-state index >= 15 is 0 Å². The third-order valence-electron chi connectivity index (χ3n) is 2.97. The molecule has 1 aromatic rings. The first kappa shape index (κ1) is 12.9. The fourth-order valence-corrected chi connectivity index (χ4v) is 4.22. The summed E-state index contributed by atoms with van der Waals surface area (Å²) >= 11 is 6.06. The molecule has 0 spiro atoms. The van der Waals surface area contributed by atoms with E-state index in [4.69, 9.17) is 16.1 Å². The number of aromatic nitrogens is 1. The summed E-state index contributed by atoms with van der Waals surface area (Å²) in [5.41, 5.74) is 0.374. The third kappa shape index (κ3) is 2.48. The molecular formula is C10H15ClN2O3S. The summed E-state index contributed by atoms with van der Waals surface area (Å²) < 4.78 is 31.8. The summed E-state index contributed by atoms with van der Waals surface area (Å²) in [4.78, 5) is 0.133. The molecule has 1 aromatic heterocycles. The molecule has 1 fully saturated rings. The predicted octanol–water partition coefficient (Wildman–Crippen LogP) is 1.73. The van der Waals surface area contributed by atoms with Crippen molar-refractivity contribution < 1.29 is 12.9 Å². The van der Waals surface area contributed by atoms with Gasteiger partial charge in [-0.05, 0) is 26.7 Å². The molecule has 17 heavy (non-hydrogen) atoms. The van der Waals surface area contributed by atoms with Gasteiger partial charge in [0.25, 0.3) is 0 Å². The van der Waals surface area contributed by atoms with Crippen molar-refractivity contribution in [2.24, 2.45) is 0 Å². The van der Waals surface area contributed by atoms with Gasteiger partial charge in [-0.3, -0.25) is 0 Å². The zero-order valence-electron chi connectivity index (χ0n) is 9.73. The van der Waals surface area contributed by atoms with Crippen LogP contribution in [-0.4, -0.2) is 25.0 Å². The second-order valence-corrected chi connectivity index (χ2v) is 6.54. The van der Waals surface area contributed by atoms with E-state index in [2.05, 4.69) is 9.88 Å². The fourth-order valence-electron chi connectivity index (χ4n) is 2.16. The molecule has 5 nitrogen and oxygen atoms in total. The Labute approximate surface area is 106 Å². The van der Waals surface area contributed by atoms with E-state index in [0.717, 1.165) is 19.3 Å². The molecule has 0 aliphatic heterocycles. The average molecular weight is 279 g/mol. The highest BCUT2D eigenvalue weighted by Crippen LogP contribution is 2.27. The summed E-state index contributed by atoms with van der Waals surface area (Å²) in [6.45, 7) is 3.19. The van der Waals surface area contributed by atoms with Gasteiger partial charge in [0.1, 0.15) is 10.6 Å². The molecule has 1 N–H and O–H groups in total. The lowest BCUT2D eigenvalue weighted by molar-refractivity contribution is 0.390. The van der Waals surface area contributed by atoms with Crippen LogP contribution in [0.3, 0.4) is 0 Å². The number of nitrogens with zero attached hydrogens (tertiary/aromatic N) is 1. The molecule has 1 heterocycles. The minimum Gasteiger partial charge on any atom is -0.360 e. The van der Waals surface area contributed by atoms with E-state index in [1.54, 1.807) is 13.8 Å². The Hall–Kier alpha value is -0.590. The zero-order chi connectivity index (χ0) is 12.6. The highest BCUT2D eigenvalue weighted by Gasteiger charge is 2.32. The van der Waals surface area contributed by atoms with E-state index in [1.807, 2.05) is 0 Å². The normalized spacial score (nSPS) is 25.4. The Morgan fingerprint density at radius 2 is 2.12 bits per heavy atom. The highest BCUT2D eigenvalue weighted by atomic mass is 35.5. The van der Waals surface area contributed by atoms with Crippen LogP contribution >= 0.6 is 11.6 Å². The molecule has 2 rings (SSSR count). The number of nitrogens with one attached hydrogen (secondary N) is 1. The van der Waals surface area contributed by atoms with E-state index in [0.29, 0.717) is 11.5 Å². The van der Waals surface area contributed by atoms with E-state index in [9.17, 15) is 8.42 Å². The maximum atomic E-state index is 12.2. The Kier molecular flexibility index (Phi) is 3.47. The quantitative estimate of drug-likeness (QED) is 0.855. The van der Waals surface area contributed by atoms with Gasteiger partial charge in [-0.2, -0.15) is 0 Å². The maximum absolute atomic E-state index is 12.2. The first-order valence-electron chi connectivity index (χ1n) is 5.51. The first-order valence-corrected chi connectivity index (χ1v) is 7.43. The molecule has 0 amide bonds. The largest absolute Gasteiger partial charge is 0.360 e. The summed E-state index contributed by atoms with van der Waals surface area (Å²) in [6, 6.07) is -0.199. The smallest absolute Gasteiger partial charge is 0.246 e. The van der Waals surface area contributed by atoms with Crippen LogP contribution in [0.4, 0.5) is 0 Å². The van der Waals surface area contributed by atoms with Crippen LogP contribution in [-0.2, 0) is 10.0 Å². The van der Waals surface area contributed by atoms with Crippen molar-refractivity contribution in [3.63, 3.8) is 0 Å². The summed E-state index contributed by atoms with van der Waals surface area (Å²) in [5, 5.41) is 3.51. The van der Waals surface area contributed by atoms with Gasteiger partial charge >= 0.3 is 0 Å². The minimum absolute atomic E-state index is 0.133. The highest BCUT2D eigenvalue weighted by molar-refractivity contribution is 7.89. The van der Waals surface area contributed by atoms with Crippen LogP contribution in [0.25, 0.3) is 0 Å². The lowest BCUT2D eigenvalue weighted by atomic mass is 10.3. The molecule has 0 saturated heterocycles. The molecule has 1 aliphatic rings. The standard InChI is InChI=1S/C10H15ClN2O3S/c1-6-10(7(2)16-12-6)17(14,15)13-9-5-3-4-8(9)11/h8-9,13H,3-5H2,1-2H3. The predicted molar refractivity (Wildman–Crippen MR) is 63.6 cm³/mol. The molecule has 2 atom stereocenters. The van der Waals surface area contributed by atoms with Crippen molar-refractivity contribution >= 4 is 21.6 Å². The zero-order valence-corrected chi connectivity index (χ0v) is 11.3. The first-order chi connectivity index (χ1) is 7.92. The number of hydrogen-bond donors (Lipinski definition) is 1. The molecule has 7 heteroatoms. The van der Waals surface area contributed by atoms with Crippen molar-refractivity contribution in [3.05, 3.63) is 11.5 Å². The van der Waals surface area contributed by atoms with E-state index in [-0.39, 0.29) is 16.3 Å². The number of aryl methyl sites for hydroxylation is 2. The van der Waals surface area contributed by atoms with E-state index < -0.39 is 10.0 Å². The molecule has 1 saturated carbocycles. The van der Waals surface area contributed by atoms with Crippen LogP contribution < -0.4 is 4.72 Å². The molecule has 2 unspecified atom stereocenters. The third-order valence-corrected chi connectivity index (χ3v) is 5.23. The van der Waals surface area contributed by atoms with Crippen LogP contribution in [0.2, 0.25) is 0 Å². The number of halogens is 1. The van der Waals surface area contributed by atoms with Gasteiger partial charge in [-0.1, -0.05) is 11.6 Å². The number of alkyl halides is 1. The van der Waals surface area contributed by atoms with Crippen molar-refractivity contribution in [2.75, 3.05) is 0 Å². The van der Waals surface area contributed by atoms with E-state index in [1.165, 1.54) is 0 Å². The summed E-state index contributed by atoms with van der Waals surface area (Å²) in [5.74, 6) is 0.305. The van der Waals surface area contributed by atoms with Gasteiger partial charge in [-0.15, -0.1) is 11.6 Å². The van der Waals surface area contributed by atoms with Gasteiger partial charge in [0.05, 0.1) is 0 Å². The molecule has 1 aliphatic carbocycles. The van der Waals surface area contributed by atoms with Gasteiger partial charge in [-0.25, -0.2) is 13.1 Å². The Morgan fingerprint density at radius 3 is 2.59 bits per heavy atom. The molecular weight excluding hydrogens is 264 g/mol. The Balaban J connectivity index is 2.25. The van der Waals surface area contributed by atoms with Gasteiger partial charge < -0.3 is 4.52 Å². The van der Waals surface area contributed by atoms with Crippen LogP contribution in [0.5, 0.6) is 0 Å². The van der Waals surface area contributed by atoms with Crippen LogP contribution in [0, 0.1) is 13.8 Å². The number of sulfonamides is 1. The van der Waals surface area contributed by atoms with Crippen molar-refractivity contribution in [1.82, 2.24) is 9.88 Å². The molecule has 0 aromatic carbocycles. The summed E-state index contributed by atoms with van der Waals surface area (Å²) in [6.07, 6.45) is 2.57. The summed E-state index contributed by atoms with van der Waals surface area (Å²) in [7, 11) is -3.59. The molecule has 0 bridgehead atoms. The monoisotopic (exact) mass is 278 g/mol. The SMILES string of the molecule is Cc1noc(C)c1S(=O)(=O)NC1CCCC1Cl. The second kappa shape index (κ2) is 4.59. The van der Waals surface area contributed by atoms with Crippen molar-refractivity contribution in [1.29, 1.82) is 0 Å². The number of hydrogen-bond acceptors (Lipinski definition) is 4. The lowest BCUT2D eigenvalue weighted by Crippen LogP contribution is -2.38. The van der Waals surface area contributed by atoms with Gasteiger partial charge in [0.15, 0.2) is 5.76 Å². The topological polar surface area (TPSA) is 72.2 Å².